The zero-order chi connectivity index (χ0) is 17.3. The van der Waals surface area contributed by atoms with Gasteiger partial charge in [0.25, 0.3) is 0 Å². The van der Waals surface area contributed by atoms with E-state index in [2.05, 4.69) is 34.8 Å². The third kappa shape index (κ3) is 3.19. The fourth-order valence-corrected chi connectivity index (χ4v) is 3.59. The molecule has 1 atom stereocenters. The summed E-state index contributed by atoms with van der Waals surface area (Å²) < 4.78 is 12.2. The van der Waals surface area contributed by atoms with E-state index in [-0.39, 0.29) is 11.9 Å². The Kier molecular flexibility index (Phi) is 4.92. The van der Waals surface area contributed by atoms with E-state index < -0.39 is 0 Å². The molecule has 0 radical (unpaired) electrons. The van der Waals surface area contributed by atoms with Crippen LogP contribution in [0.5, 0.6) is 0 Å². The van der Waals surface area contributed by atoms with Gasteiger partial charge >= 0.3 is 5.97 Å². The van der Waals surface area contributed by atoms with Crippen LogP contribution in [0.1, 0.15) is 23.6 Å². The van der Waals surface area contributed by atoms with Crippen molar-refractivity contribution in [1.29, 1.82) is 0 Å². The molecular weight excluding hydrogens is 304 g/mol. The molecule has 0 spiro atoms. The SMILES string of the molecule is COCCN1Cc2cc3c(CC(C)C(=O)OC)cn(C)c3cc2C1. The molecule has 0 bridgehead atoms. The van der Waals surface area contributed by atoms with Crippen molar-refractivity contribution in [2.75, 3.05) is 27.4 Å². The average Bonchev–Trinajstić information content (AvgIpc) is 3.11. The first-order valence-corrected chi connectivity index (χ1v) is 8.42. The van der Waals surface area contributed by atoms with E-state index in [1.54, 1.807) is 7.11 Å². The first-order valence-electron chi connectivity index (χ1n) is 8.42. The number of ether oxygens (including phenoxy) is 2. The molecule has 2 aromatic rings. The van der Waals surface area contributed by atoms with Crippen molar-refractivity contribution in [3.05, 3.63) is 35.0 Å². The molecule has 0 N–H and O–H groups in total. The molecule has 1 aliphatic rings. The Balaban J connectivity index is 1.88. The fraction of sp³-hybridized carbons (Fsp3) is 0.526. The van der Waals surface area contributed by atoms with Crippen LogP contribution in [0, 0.1) is 5.92 Å². The standard InChI is InChI=1S/C19H26N2O3/c1-13(19(22)24-4)7-16-10-20(2)18-9-15-12-21(5-6-23-3)11-14(15)8-17(16)18/h8-10,13H,5-7,11-12H2,1-4H3. The number of carbonyl (C=O) groups is 1. The minimum absolute atomic E-state index is 0.132. The number of esters is 1. The molecule has 0 saturated carbocycles. The Morgan fingerprint density at radius 1 is 1.25 bits per heavy atom. The Labute approximate surface area is 143 Å². The molecule has 1 unspecified atom stereocenters. The lowest BCUT2D eigenvalue weighted by Crippen LogP contribution is -2.21. The summed E-state index contributed by atoms with van der Waals surface area (Å²) in [7, 11) is 5.26. The Hall–Kier alpha value is -1.85. The molecule has 24 heavy (non-hydrogen) atoms. The second kappa shape index (κ2) is 6.95. The van der Waals surface area contributed by atoms with E-state index in [1.807, 2.05) is 6.92 Å². The van der Waals surface area contributed by atoms with Crippen molar-refractivity contribution in [3.8, 4) is 0 Å². The monoisotopic (exact) mass is 330 g/mol. The van der Waals surface area contributed by atoms with Crippen molar-refractivity contribution in [2.24, 2.45) is 13.0 Å². The molecular formula is C19H26N2O3. The summed E-state index contributed by atoms with van der Waals surface area (Å²) in [6, 6.07) is 4.60. The quantitative estimate of drug-likeness (QED) is 0.763. The predicted molar refractivity (Wildman–Crippen MR) is 93.8 cm³/mol. The summed E-state index contributed by atoms with van der Waals surface area (Å²) in [5.41, 5.74) is 5.22. The number of methoxy groups -OCH3 is 2. The van der Waals surface area contributed by atoms with Crippen molar-refractivity contribution in [1.82, 2.24) is 9.47 Å². The van der Waals surface area contributed by atoms with E-state index in [9.17, 15) is 4.79 Å². The van der Waals surface area contributed by atoms with Gasteiger partial charge in [-0.05, 0) is 35.2 Å². The van der Waals surface area contributed by atoms with E-state index in [0.29, 0.717) is 6.42 Å². The van der Waals surface area contributed by atoms with Gasteiger partial charge < -0.3 is 14.0 Å². The average molecular weight is 330 g/mol. The van der Waals surface area contributed by atoms with E-state index >= 15 is 0 Å². The summed E-state index contributed by atoms with van der Waals surface area (Å²) >= 11 is 0. The maximum absolute atomic E-state index is 11.7. The van der Waals surface area contributed by atoms with Gasteiger partial charge in [-0.15, -0.1) is 0 Å². The number of benzene rings is 1. The Morgan fingerprint density at radius 2 is 1.96 bits per heavy atom. The summed E-state index contributed by atoms with van der Waals surface area (Å²) in [5, 5.41) is 1.25. The van der Waals surface area contributed by atoms with Gasteiger partial charge in [0.15, 0.2) is 0 Å². The van der Waals surface area contributed by atoms with Crippen LogP contribution in [0.25, 0.3) is 10.9 Å². The number of rotatable bonds is 6. The Morgan fingerprint density at radius 3 is 2.62 bits per heavy atom. The summed E-state index contributed by atoms with van der Waals surface area (Å²) in [6.07, 6.45) is 2.85. The number of fused-ring (bicyclic) bond motifs is 2. The lowest BCUT2D eigenvalue weighted by Gasteiger charge is -2.13. The highest BCUT2D eigenvalue weighted by atomic mass is 16.5. The molecule has 2 heterocycles. The molecule has 0 fully saturated rings. The smallest absolute Gasteiger partial charge is 0.308 e. The molecule has 1 aliphatic heterocycles. The molecule has 0 saturated heterocycles. The van der Waals surface area contributed by atoms with Crippen molar-refractivity contribution < 1.29 is 14.3 Å². The highest BCUT2D eigenvalue weighted by molar-refractivity contribution is 5.86. The first kappa shape index (κ1) is 17.0. The fourth-order valence-electron chi connectivity index (χ4n) is 3.59. The molecule has 1 aromatic heterocycles. The number of hydrogen-bond donors (Lipinski definition) is 0. The summed E-state index contributed by atoms with van der Waals surface area (Å²) in [6.45, 7) is 5.58. The van der Waals surface area contributed by atoms with Gasteiger partial charge in [0, 0.05) is 50.9 Å². The first-order chi connectivity index (χ1) is 11.5. The lowest BCUT2D eigenvalue weighted by molar-refractivity contribution is -0.144. The maximum atomic E-state index is 11.7. The van der Waals surface area contributed by atoms with Gasteiger partial charge in [-0.1, -0.05) is 6.92 Å². The van der Waals surface area contributed by atoms with E-state index in [0.717, 1.165) is 26.2 Å². The number of nitrogens with zero attached hydrogens (tertiary/aromatic N) is 2. The molecule has 5 heteroatoms. The molecule has 130 valence electrons. The highest BCUT2D eigenvalue weighted by Gasteiger charge is 2.22. The molecule has 5 nitrogen and oxygen atoms in total. The normalized spacial score (nSPS) is 15.7. The van der Waals surface area contributed by atoms with Gasteiger partial charge in [-0.3, -0.25) is 9.69 Å². The van der Waals surface area contributed by atoms with Crippen LogP contribution in [0.4, 0.5) is 0 Å². The van der Waals surface area contributed by atoms with Crippen molar-refractivity contribution in [3.63, 3.8) is 0 Å². The van der Waals surface area contributed by atoms with Crippen LogP contribution in [-0.2, 0) is 40.8 Å². The second-order valence-corrected chi connectivity index (χ2v) is 6.74. The zero-order valence-corrected chi connectivity index (χ0v) is 15.0. The zero-order valence-electron chi connectivity index (χ0n) is 15.0. The number of aromatic nitrogens is 1. The van der Waals surface area contributed by atoms with Gasteiger partial charge in [-0.2, -0.15) is 0 Å². The van der Waals surface area contributed by atoms with Crippen molar-refractivity contribution >= 4 is 16.9 Å². The third-order valence-corrected chi connectivity index (χ3v) is 4.92. The Bertz CT molecular complexity index is 751. The van der Waals surface area contributed by atoms with Gasteiger partial charge in [0.2, 0.25) is 0 Å². The highest BCUT2D eigenvalue weighted by Crippen LogP contribution is 2.31. The van der Waals surface area contributed by atoms with Gasteiger partial charge in [0.1, 0.15) is 0 Å². The number of carbonyl (C=O) groups excluding carboxylic acids is 1. The molecule has 0 aliphatic carbocycles. The lowest BCUT2D eigenvalue weighted by atomic mass is 9.99. The second-order valence-electron chi connectivity index (χ2n) is 6.74. The van der Waals surface area contributed by atoms with Crippen LogP contribution in [-0.4, -0.2) is 42.8 Å². The summed E-state index contributed by atoms with van der Waals surface area (Å²) in [4.78, 5) is 14.1. The van der Waals surface area contributed by atoms with E-state index in [1.165, 1.54) is 34.7 Å². The maximum Gasteiger partial charge on any atom is 0.308 e. The van der Waals surface area contributed by atoms with Crippen LogP contribution < -0.4 is 0 Å². The van der Waals surface area contributed by atoms with E-state index in [4.69, 9.17) is 9.47 Å². The molecule has 3 rings (SSSR count). The largest absolute Gasteiger partial charge is 0.469 e. The van der Waals surface area contributed by atoms with Crippen LogP contribution in [0.2, 0.25) is 0 Å². The van der Waals surface area contributed by atoms with Crippen molar-refractivity contribution in [2.45, 2.75) is 26.4 Å². The number of hydrogen-bond acceptors (Lipinski definition) is 4. The third-order valence-electron chi connectivity index (χ3n) is 4.92. The predicted octanol–water partition coefficient (Wildman–Crippen LogP) is 2.49. The van der Waals surface area contributed by atoms with Crippen LogP contribution in [0.3, 0.4) is 0 Å². The minimum Gasteiger partial charge on any atom is -0.469 e. The van der Waals surface area contributed by atoms with Gasteiger partial charge in [-0.25, -0.2) is 0 Å². The summed E-state index contributed by atoms with van der Waals surface area (Å²) in [5.74, 6) is -0.286. The number of aryl methyl sites for hydroxylation is 1. The van der Waals surface area contributed by atoms with Gasteiger partial charge in [0.05, 0.1) is 19.6 Å². The van der Waals surface area contributed by atoms with Crippen LogP contribution in [0.15, 0.2) is 18.3 Å². The van der Waals surface area contributed by atoms with Crippen LogP contribution >= 0.6 is 0 Å². The molecule has 0 amide bonds. The topological polar surface area (TPSA) is 43.7 Å². The molecule has 1 aromatic carbocycles. The minimum atomic E-state index is -0.154.